The number of nitrogen functional groups attached to an aromatic ring is 1. The van der Waals surface area contributed by atoms with E-state index >= 15 is 0 Å². The van der Waals surface area contributed by atoms with Crippen molar-refractivity contribution in [1.29, 1.82) is 0 Å². The molecule has 0 atom stereocenters. The summed E-state index contributed by atoms with van der Waals surface area (Å²) >= 11 is 0. The summed E-state index contributed by atoms with van der Waals surface area (Å²) in [6, 6.07) is 18.9. The van der Waals surface area contributed by atoms with Gasteiger partial charge in [0.25, 0.3) is 0 Å². The molecule has 0 aliphatic carbocycles. The number of ether oxygens (including phenoxy) is 1. The lowest BCUT2D eigenvalue weighted by Crippen LogP contribution is -1.91. The standard InChI is InChI=1S/C17H13FN2O.C2H6/c18-13-6-10-15(11-7-13)21-14-8-4-12(5-9-14)16-2-1-3-17(19)20-16;1-2/h1-11H,(H2,19,20);1-2H3. The van der Waals surface area contributed by atoms with Crippen LogP contribution >= 0.6 is 0 Å². The third-order valence-electron chi connectivity index (χ3n) is 2.97. The van der Waals surface area contributed by atoms with Gasteiger partial charge in [-0.2, -0.15) is 0 Å². The van der Waals surface area contributed by atoms with Crippen LogP contribution in [0.25, 0.3) is 11.3 Å². The van der Waals surface area contributed by atoms with Gasteiger partial charge in [0.2, 0.25) is 0 Å². The monoisotopic (exact) mass is 310 g/mol. The average Bonchev–Trinajstić information content (AvgIpc) is 2.59. The third-order valence-corrected chi connectivity index (χ3v) is 2.97. The second kappa shape index (κ2) is 7.94. The highest BCUT2D eigenvalue weighted by atomic mass is 19.1. The minimum atomic E-state index is -0.287. The molecule has 0 saturated heterocycles. The summed E-state index contributed by atoms with van der Waals surface area (Å²) in [6.45, 7) is 4.00. The summed E-state index contributed by atoms with van der Waals surface area (Å²) in [6.07, 6.45) is 0. The van der Waals surface area contributed by atoms with Crippen LogP contribution in [0.3, 0.4) is 0 Å². The first-order chi connectivity index (χ1) is 11.2. The van der Waals surface area contributed by atoms with Gasteiger partial charge in [-0.25, -0.2) is 9.37 Å². The first-order valence-corrected chi connectivity index (χ1v) is 7.47. The summed E-state index contributed by atoms with van der Waals surface area (Å²) in [5.74, 6) is 1.46. The van der Waals surface area contributed by atoms with Gasteiger partial charge in [-0.3, -0.25) is 0 Å². The predicted molar refractivity (Wildman–Crippen MR) is 91.9 cm³/mol. The van der Waals surface area contributed by atoms with Crippen LogP contribution in [0, 0.1) is 5.82 Å². The van der Waals surface area contributed by atoms with E-state index in [0.717, 1.165) is 11.3 Å². The Morgan fingerprint density at radius 2 is 1.39 bits per heavy atom. The van der Waals surface area contributed by atoms with E-state index in [4.69, 9.17) is 10.5 Å². The number of rotatable bonds is 3. The molecule has 0 bridgehead atoms. The number of benzene rings is 2. The van der Waals surface area contributed by atoms with Gasteiger partial charge in [0, 0.05) is 5.56 Å². The molecule has 3 rings (SSSR count). The van der Waals surface area contributed by atoms with Crippen LogP contribution in [0.2, 0.25) is 0 Å². The Morgan fingerprint density at radius 3 is 1.96 bits per heavy atom. The van der Waals surface area contributed by atoms with Crippen molar-refractivity contribution in [2.75, 3.05) is 5.73 Å². The maximum Gasteiger partial charge on any atom is 0.127 e. The van der Waals surface area contributed by atoms with Crippen molar-refractivity contribution in [3.05, 3.63) is 72.5 Å². The molecule has 0 radical (unpaired) electrons. The molecular formula is C19H19FN2O. The molecule has 0 aliphatic heterocycles. The molecule has 3 aromatic rings. The topological polar surface area (TPSA) is 48.1 Å². The highest BCUT2D eigenvalue weighted by Crippen LogP contribution is 2.25. The third kappa shape index (κ3) is 4.54. The predicted octanol–water partition coefficient (Wildman–Crippen LogP) is 5.29. The minimum absolute atomic E-state index is 0.287. The fraction of sp³-hybridized carbons (Fsp3) is 0.105. The molecule has 2 N–H and O–H groups in total. The number of nitrogens with two attached hydrogens (primary N) is 1. The molecule has 0 amide bonds. The molecule has 0 spiro atoms. The van der Waals surface area contributed by atoms with Crippen LogP contribution in [-0.4, -0.2) is 4.98 Å². The van der Waals surface area contributed by atoms with Crippen molar-refractivity contribution >= 4 is 5.82 Å². The molecule has 4 heteroatoms. The highest BCUT2D eigenvalue weighted by molar-refractivity contribution is 5.61. The van der Waals surface area contributed by atoms with Crippen molar-refractivity contribution in [3.8, 4) is 22.8 Å². The second-order valence-electron chi connectivity index (χ2n) is 4.53. The van der Waals surface area contributed by atoms with Crippen molar-refractivity contribution in [1.82, 2.24) is 4.98 Å². The molecule has 3 nitrogen and oxygen atoms in total. The van der Waals surface area contributed by atoms with E-state index in [2.05, 4.69) is 4.98 Å². The van der Waals surface area contributed by atoms with Gasteiger partial charge in [-0.15, -0.1) is 0 Å². The van der Waals surface area contributed by atoms with Gasteiger partial charge in [-0.05, 0) is 60.7 Å². The summed E-state index contributed by atoms with van der Waals surface area (Å²) in [5, 5.41) is 0. The molecule has 2 aromatic carbocycles. The van der Waals surface area contributed by atoms with E-state index in [1.807, 2.05) is 50.2 Å². The lowest BCUT2D eigenvalue weighted by atomic mass is 10.1. The maximum absolute atomic E-state index is 12.8. The van der Waals surface area contributed by atoms with E-state index in [-0.39, 0.29) is 5.82 Å². The largest absolute Gasteiger partial charge is 0.457 e. The Labute approximate surface area is 135 Å². The van der Waals surface area contributed by atoms with Crippen molar-refractivity contribution in [3.63, 3.8) is 0 Å². The van der Waals surface area contributed by atoms with Crippen LogP contribution < -0.4 is 10.5 Å². The number of nitrogens with zero attached hydrogens (tertiary/aromatic N) is 1. The van der Waals surface area contributed by atoms with Gasteiger partial charge in [0.15, 0.2) is 0 Å². The van der Waals surface area contributed by atoms with Crippen molar-refractivity contribution in [2.45, 2.75) is 13.8 Å². The zero-order valence-electron chi connectivity index (χ0n) is 13.2. The number of hydrogen-bond donors (Lipinski definition) is 1. The summed E-state index contributed by atoms with van der Waals surface area (Å²) < 4.78 is 18.5. The lowest BCUT2D eigenvalue weighted by Gasteiger charge is -2.07. The Morgan fingerprint density at radius 1 is 0.826 bits per heavy atom. The van der Waals surface area contributed by atoms with Crippen LogP contribution in [0.1, 0.15) is 13.8 Å². The highest BCUT2D eigenvalue weighted by Gasteiger charge is 2.02. The first-order valence-electron chi connectivity index (χ1n) is 7.47. The molecule has 0 unspecified atom stereocenters. The van der Waals surface area contributed by atoms with Gasteiger partial charge in [0.1, 0.15) is 23.1 Å². The number of pyridine rings is 1. The second-order valence-corrected chi connectivity index (χ2v) is 4.53. The zero-order valence-corrected chi connectivity index (χ0v) is 13.2. The molecule has 0 aliphatic rings. The van der Waals surface area contributed by atoms with E-state index in [1.54, 1.807) is 18.2 Å². The number of aromatic nitrogens is 1. The van der Waals surface area contributed by atoms with E-state index in [1.165, 1.54) is 12.1 Å². The minimum Gasteiger partial charge on any atom is -0.457 e. The van der Waals surface area contributed by atoms with Gasteiger partial charge >= 0.3 is 0 Å². The Kier molecular flexibility index (Phi) is 5.69. The summed E-state index contributed by atoms with van der Waals surface area (Å²) in [5.41, 5.74) is 7.43. The van der Waals surface area contributed by atoms with E-state index < -0.39 is 0 Å². The van der Waals surface area contributed by atoms with Crippen molar-refractivity contribution in [2.24, 2.45) is 0 Å². The van der Waals surface area contributed by atoms with Gasteiger partial charge in [-0.1, -0.05) is 19.9 Å². The Balaban J connectivity index is 0.000000924. The number of halogens is 1. The normalized spacial score (nSPS) is 9.70. The molecule has 0 saturated carbocycles. The van der Waals surface area contributed by atoms with Crippen LogP contribution in [-0.2, 0) is 0 Å². The number of hydrogen-bond acceptors (Lipinski definition) is 3. The van der Waals surface area contributed by atoms with E-state index in [0.29, 0.717) is 17.3 Å². The van der Waals surface area contributed by atoms with Crippen LogP contribution in [0.15, 0.2) is 66.7 Å². The fourth-order valence-electron chi connectivity index (χ4n) is 1.94. The smallest absolute Gasteiger partial charge is 0.127 e. The van der Waals surface area contributed by atoms with Crippen LogP contribution in [0.5, 0.6) is 11.5 Å². The lowest BCUT2D eigenvalue weighted by molar-refractivity contribution is 0.480. The zero-order chi connectivity index (χ0) is 16.7. The maximum atomic E-state index is 12.8. The number of anilines is 1. The first kappa shape index (κ1) is 16.5. The van der Waals surface area contributed by atoms with E-state index in [9.17, 15) is 4.39 Å². The van der Waals surface area contributed by atoms with Crippen molar-refractivity contribution < 1.29 is 9.13 Å². The molecule has 1 aromatic heterocycles. The van der Waals surface area contributed by atoms with Gasteiger partial charge < -0.3 is 10.5 Å². The Bertz CT molecular complexity index is 740. The molecule has 23 heavy (non-hydrogen) atoms. The Hall–Kier alpha value is -2.88. The van der Waals surface area contributed by atoms with Crippen LogP contribution in [0.4, 0.5) is 10.2 Å². The summed E-state index contributed by atoms with van der Waals surface area (Å²) in [4.78, 5) is 4.26. The quantitative estimate of drug-likeness (QED) is 0.715. The molecule has 1 heterocycles. The summed E-state index contributed by atoms with van der Waals surface area (Å²) in [7, 11) is 0. The fourth-order valence-corrected chi connectivity index (χ4v) is 1.94. The molecular weight excluding hydrogens is 291 g/mol. The SMILES string of the molecule is CC.Nc1cccc(-c2ccc(Oc3ccc(F)cc3)cc2)n1. The average molecular weight is 310 g/mol. The molecule has 118 valence electrons. The van der Waals surface area contributed by atoms with Gasteiger partial charge in [0.05, 0.1) is 5.69 Å². The molecule has 0 fully saturated rings.